The molecule has 0 saturated heterocycles. The van der Waals surface area contributed by atoms with Gasteiger partial charge in [0.05, 0.1) is 18.0 Å². The average Bonchev–Trinajstić information content (AvgIpc) is 2.50. The molecule has 5 heteroatoms. The smallest absolute Gasteiger partial charge is 0.255 e. The Bertz CT molecular complexity index is 627. The summed E-state index contributed by atoms with van der Waals surface area (Å²) in [5, 5.41) is 2.80. The molecule has 0 aliphatic heterocycles. The Balaban J connectivity index is 0.00000264. The fraction of sp³-hybridized carbons (Fsp3) is 0.278. The summed E-state index contributed by atoms with van der Waals surface area (Å²) in [6.07, 6.45) is 1.01. The second-order valence-electron chi connectivity index (χ2n) is 5.60. The van der Waals surface area contributed by atoms with Crippen LogP contribution in [0.4, 0.5) is 11.4 Å². The van der Waals surface area contributed by atoms with E-state index in [1.165, 1.54) is 0 Å². The number of para-hydroxylation sites is 2. The number of carbonyl (C=O) groups is 1. The molecule has 0 fully saturated rings. The summed E-state index contributed by atoms with van der Waals surface area (Å²) in [5.41, 5.74) is 7.55. The van der Waals surface area contributed by atoms with E-state index in [1.54, 1.807) is 24.3 Å². The first kappa shape index (κ1) is 18.8. The highest BCUT2D eigenvalue weighted by atomic mass is 35.5. The fourth-order valence-corrected chi connectivity index (χ4v) is 1.92. The number of carbonyl (C=O) groups excluding carboxylic acids is 1. The molecule has 0 spiro atoms. The molecule has 0 radical (unpaired) electrons. The number of rotatable bonds is 6. The third-order valence-corrected chi connectivity index (χ3v) is 3.29. The lowest BCUT2D eigenvalue weighted by Gasteiger charge is -2.10. The molecule has 1 amide bonds. The van der Waals surface area contributed by atoms with Gasteiger partial charge < -0.3 is 15.8 Å². The average molecular weight is 335 g/mol. The van der Waals surface area contributed by atoms with Crippen molar-refractivity contribution in [3.8, 4) is 5.75 Å². The van der Waals surface area contributed by atoms with Gasteiger partial charge >= 0.3 is 0 Å². The standard InChI is InChI=1S/C18H22N2O2.ClH/c1-13(2)11-12-22-15-9-7-14(8-10-15)18(21)20-17-6-4-3-5-16(17)19;/h3-10,13H,11-12,19H2,1-2H3,(H,20,21);1H. The molecule has 3 N–H and O–H groups in total. The Morgan fingerprint density at radius 3 is 2.39 bits per heavy atom. The highest BCUT2D eigenvalue weighted by Crippen LogP contribution is 2.19. The lowest BCUT2D eigenvalue weighted by molar-refractivity contribution is 0.102. The van der Waals surface area contributed by atoms with E-state index in [2.05, 4.69) is 19.2 Å². The van der Waals surface area contributed by atoms with Crippen LogP contribution in [-0.2, 0) is 0 Å². The van der Waals surface area contributed by atoms with E-state index in [4.69, 9.17) is 10.5 Å². The Morgan fingerprint density at radius 2 is 1.78 bits per heavy atom. The van der Waals surface area contributed by atoms with Gasteiger partial charge in [-0.05, 0) is 48.7 Å². The highest BCUT2D eigenvalue weighted by Gasteiger charge is 2.08. The van der Waals surface area contributed by atoms with Crippen LogP contribution in [-0.4, -0.2) is 12.5 Å². The molecule has 0 heterocycles. The van der Waals surface area contributed by atoms with Crippen molar-refractivity contribution < 1.29 is 9.53 Å². The minimum Gasteiger partial charge on any atom is -0.494 e. The van der Waals surface area contributed by atoms with Gasteiger partial charge in [-0.1, -0.05) is 26.0 Å². The van der Waals surface area contributed by atoms with E-state index in [9.17, 15) is 4.79 Å². The largest absolute Gasteiger partial charge is 0.494 e. The zero-order chi connectivity index (χ0) is 15.9. The minimum atomic E-state index is -0.188. The third-order valence-electron chi connectivity index (χ3n) is 3.29. The van der Waals surface area contributed by atoms with Gasteiger partial charge in [0.1, 0.15) is 5.75 Å². The summed E-state index contributed by atoms with van der Waals surface area (Å²) in [6.45, 7) is 5.00. The predicted molar refractivity (Wildman–Crippen MR) is 97.4 cm³/mol. The van der Waals surface area contributed by atoms with E-state index in [1.807, 2.05) is 24.3 Å². The summed E-state index contributed by atoms with van der Waals surface area (Å²) in [7, 11) is 0. The number of nitrogens with one attached hydrogen (secondary N) is 1. The summed E-state index contributed by atoms with van der Waals surface area (Å²) in [6, 6.07) is 14.3. The van der Waals surface area contributed by atoms with Gasteiger partial charge in [0.2, 0.25) is 0 Å². The molecule has 4 nitrogen and oxygen atoms in total. The molecular formula is C18H23ClN2O2. The molecule has 0 aliphatic rings. The summed E-state index contributed by atoms with van der Waals surface area (Å²) in [5.74, 6) is 1.20. The Hall–Kier alpha value is -2.20. The SMILES string of the molecule is CC(C)CCOc1ccc(C(=O)Nc2ccccc2N)cc1.Cl. The first-order valence-corrected chi connectivity index (χ1v) is 7.45. The zero-order valence-electron chi connectivity index (χ0n) is 13.4. The minimum absolute atomic E-state index is 0. The normalized spacial score (nSPS) is 10.0. The molecule has 0 saturated carbocycles. The summed E-state index contributed by atoms with van der Waals surface area (Å²) < 4.78 is 5.64. The van der Waals surface area contributed by atoms with Gasteiger partial charge in [0.25, 0.3) is 5.91 Å². The lowest BCUT2D eigenvalue weighted by atomic mass is 10.1. The van der Waals surface area contributed by atoms with Crippen LogP contribution in [0.1, 0.15) is 30.6 Å². The Morgan fingerprint density at radius 1 is 1.13 bits per heavy atom. The van der Waals surface area contributed by atoms with Crippen LogP contribution in [0.3, 0.4) is 0 Å². The second kappa shape index (κ2) is 9.06. The van der Waals surface area contributed by atoms with Crippen molar-refractivity contribution in [3.63, 3.8) is 0 Å². The Labute approximate surface area is 143 Å². The van der Waals surface area contributed by atoms with Crippen molar-refractivity contribution in [2.24, 2.45) is 5.92 Å². The van der Waals surface area contributed by atoms with Crippen LogP contribution in [0.15, 0.2) is 48.5 Å². The molecule has 2 aromatic rings. The molecule has 0 unspecified atom stereocenters. The fourth-order valence-electron chi connectivity index (χ4n) is 1.92. The van der Waals surface area contributed by atoms with Gasteiger partial charge in [-0.3, -0.25) is 4.79 Å². The number of ether oxygens (including phenoxy) is 1. The third kappa shape index (κ3) is 5.83. The van der Waals surface area contributed by atoms with Crippen molar-refractivity contribution in [2.75, 3.05) is 17.7 Å². The van der Waals surface area contributed by atoms with Crippen LogP contribution in [0.25, 0.3) is 0 Å². The zero-order valence-corrected chi connectivity index (χ0v) is 14.2. The molecule has 0 aliphatic carbocycles. The molecule has 124 valence electrons. The number of anilines is 2. The van der Waals surface area contributed by atoms with Crippen LogP contribution >= 0.6 is 12.4 Å². The van der Waals surface area contributed by atoms with Gasteiger partial charge in [-0.15, -0.1) is 12.4 Å². The molecule has 23 heavy (non-hydrogen) atoms. The number of benzene rings is 2. The van der Waals surface area contributed by atoms with E-state index in [-0.39, 0.29) is 18.3 Å². The van der Waals surface area contributed by atoms with Crippen molar-refractivity contribution in [1.29, 1.82) is 0 Å². The number of hydrogen-bond acceptors (Lipinski definition) is 3. The number of nitrogen functional groups attached to an aromatic ring is 1. The Kier molecular flexibility index (Phi) is 7.42. The molecule has 0 atom stereocenters. The number of hydrogen-bond donors (Lipinski definition) is 2. The van der Waals surface area contributed by atoms with E-state index >= 15 is 0 Å². The number of nitrogens with two attached hydrogens (primary N) is 1. The van der Waals surface area contributed by atoms with Crippen LogP contribution < -0.4 is 15.8 Å². The maximum atomic E-state index is 12.2. The van der Waals surface area contributed by atoms with Gasteiger partial charge in [0.15, 0.2) is 0 Å². The first-order valence-electron chi connectivity index (χ1n) is 7.45. The molecule has 2 aromatic carbocycles. The first-order chi connectivity index (χ1) is 10.6. The quantitative estimate of drug-likeness (QED) is 0.771. The molecule has 2 rings (SSSR count). The van der Waals surface area contributed by atoms with Crippen LogP contribution in [0.5, 0.6) is 5.75 Å². The monoisotopic (exact) mass is 334 g/mol. The maximum Gasteiger partial charge on any atom is 0.255 e. The van der Waals surface area contributed by atoms with Crippen molar-refractivity contribution in [2.45, 2.75) is 20.3 Å². The van der Waals surface area contributed by atoms with Crippen molar-refractivity contribution in [3.05, 3.63) is 54.1 Å². The second-order valence-corrected chi connectivity index (χ2v) is 5.60. The highest BCUT2D eigenvalue weighted by molar-refractivity contribution is 6.05. The number of halogens is 1. The summed E-state index contributed by atoms with van der Waals surface area (Å²) in [4.78, 5) is 12.2. The van der Waals surface area contributed by atoms with Gasteiger partial charge in [-0.2, -0.15) is 0 Å². The lowest BCUT2D eigenvalue weighted by Crippen LogP contribution is -2.13. The van der Waals surface area contributed by atoms with Crippen molar-refractivity contribution >= 4 is 29.7 Å². The van der Waals surface area contributed by atoms with Crippen LogP contribution in [0, 0.1) is 5.92 Å². The maximum absolute atomic E-state index is 12.2. The van der Waals surface area contributed by atoms with Gasteiger partial charge in [0, 0.05) is 5.56 Å². The van der Waals surface area contributed by atoms with Crippen LogP contribution in [0.2, 0.25) is 0 Å². The molecule has 0 aromatic heterocycles. The topological polar surface area (TPSA) is 64.3 Å². The predicted octanol–water partition coefficient (Wildman–Crippen LogP) is 4.37. The number of amides is 1. The molecular weight excluding hydrogens is 312 g/mol. The molecule has 0 bridgehead atoms. The van der Waals surface area contributed by atoms with E-state index in [0.717, 1.165) is 12.2 Å². The van der Waals surface area contributed by atoms with E-state index in [0.29, 0.717) is 29.5 Å². The van der Waals surface area contributed by atoms with Crippen molar-refractivity contribution in [1.82, 2.24) is 0 Å². The van der Waals surface area contributed by atoms with Gasteiger partial charge in [-0.25, -0.2) is 0 Å². The summed E-state index contributed by atoms with van der Waals surface area (Å²) >= 11 is 0. The van der Waals surface area contributed by atoms with E-state index < -0.39 is 0 Å².